The van der Waals surface area contributed by atoms with E-state index in [9.17, 15) is 4.79 Å². The Morgan fingerprint density at radius 3 is 2.30 bits per heavy atom. The molecule has 0 aliphatic carbocycles. The number of nitrogens with one attached hydrogen (secondary N) is 1. The monoisotopic (exact) mass is 379 g/mol. The highest BCUT2D eigenvalue weighted by Gasteiger charge is 2.10. The highest BCUT2D eigenvalue weighted by atomic mass is 127. The van der Waals surface area contributed by atoms with E-state index in [0.717, 1.165) is 14.8 Å². The third kappa shape index (κ3) is 3.60. The molecule has 2 nitrogen and oxygen atoms in total. The van der Waals surface area contributed by atoms with E-state index >= 15 is 0 Å². The number of amides is 1. The highest BCUT2D eigenvalue weighted by molar-refractivity contribution is 14.1. The second-order valence-electron chi connectivity index (χ2n) is 5.21. The van der Waals surface area contributed by atoms with Crippen LogP contribution in [0.25, 0.3) is 0 Å². The van der Waals surface area contributed by atoms with Gasteiger partial charge in [-0.1, -0.05) is 37.6 Å². The van der Waals surface area contributed by atoms with Crippen LogP contribution < -0.4 is 5.32 Å². The van der Waals surface area contributed by atoms with Gasteiger partial charge in [0.25, 0.3) is 5.91 Å². The second-order valence-corrected chi connectivity index (χ2v) is 6.38. The van der Waals surface area contributed by atoms with E-state index in [4.69, 9.17) is 0 Å². The molecule has 0 aliphatic rings. The number of anilines is 1. The summed E-state index contributed by atoms with van der Waals surface area (Å²) >= 11 is 2.20. The molecule has 20 heavy (non-hydrogen) atoms. The molecule has 0 heterocycles. The zero-order valence-electron chi connectivity index (χ0n) is 11.9. The van der Waals surface area contributed by atoms with Crippen molar-refractivity contribution in [2.24, 2.45) is 0 Å². The van der Waals surface area contributed by atoms with Crippen LogP contribution in [0.3, 0.4) is 0 Å². The van der Waals surface area contributed by atoms with Crippen LogP contribution >= 0.6 is 22.6 Å². The van der Waals surface area contributed by atoms with E-state index < -0.39 is 0 Å². The quantitative estimate of drug-likeness (QED) is 0.750. The van der Waals surface area contributed by atoms with Crippen LogP contribution in [0, 0.1) is 10.5 Å². The average Bonchev–Trinajstić information content (AvgIpc) is 2.39. The number of hydrogen-bond acceptors (Lipinski definition) is 1. The van der Waals surface area contributed by atoms with Crippen LogP contribution in [0.1, 0.15) is 41.3 Å². The summed E-state index contributed by atoms with van der Waals surface area (Å²) in [4.78, 5) is 12.2. The second kappa shape index (κ2) is 6.39. The number of rotatable bonds is 3. The Hall–Kier alpha value is -1.36. The van der Waals surface area contributed by atoms with Crippen molar-refractivity contribution in [3.05, 3.63) is 62.7 Å². The number of carbonyl (C=O) groups excluding carboxylic acids is 1. The molecular weight excluding hydrogens is 361 g/mol. The maximum absolute atomic E-state index is 12.2. The Labute approximate surface area is 133 Å². The summed E-state index contributed by atoms with van der Waals surface area (Å²) in [6.07, 6.45) is 0. The number of halogens is 1. The first-order valence-corrected chi connectivity index (χ1v) is 7.72. The largest absolute Gasteiger partial charge is 0.322 e. The van der Waals surface area contributed by atoms with E-state index in [0.29, 0.717) is 11.5 Å². The fourth-order valence-corrected chi connectivity index (χ4v) is 2.87. The maximum Gasteiger partial charge on any atom is 0.256 e. The summed E-state index contributed by atoms with van der Waals surface area (Å²) in [6.45, 7) is 6.33. The topological polar surface area (TPSA) is 29.1 Å². The van der Waals surface area contributed by atoms with Gasteiger partial charge in [-0.2, -0.15) is 0 Å². The average molecular weight is 379 g/mol. The predicted octanol–water partition coefficient (Wildman–Crippen LogP) is 4.98. The van der Waals surface area contributed by atoms with Gasteiger partial charge in [0.05, 0.1) is 5.56 Å². The molecule has 2 aromatic rings. The lowest BCUT2D eigenvalue weighted by Gasteiger charge is -2.09. The summed E-state index contributed by atoms with van der Waals surface area (Å²) in [6, 6.07) is 13.9. The molecule has 3 heteroatoms. The Balaban J connectivity index is 2.15. The number of carbonyl (C=O) groups is 1. The molecule has 0 unspecified atom stereocenters. The molecule has 1 N–H and O–H groups in total. The lowest BCUT2D eigenvalue weighted by atomic mass is 10.0. The van der Waals surface area contributed by atoms with Gasteiger partial charge in [-0.25, -0.2) is 0 Å². The molecule has 0 aliphatic heterocycles. The maximum atomic E-state index is 12.2. The van der Waals surface area contributed by atoms with Crippen LogP contribution in [0.4, 0.5) is 5.69 Å². The molecule has 0 atom stereocenters. The molecule has 0 spiro atoms. The van der Waals surface area contributed by atoms with Crippen molar-refractivity contribution in [2.45, 2.75) is 26.7 Å². The lowest BCUT2D eigenvalue weighted by Crippen LogP contribution is -2.13. The zero-order valence-corrected chi connectivity index (χ0v) is 14.1. The highest BCUT2D eigenvalue weighted by Crippen LogP contribution is 2.19. The van der Waals surface area contributed by atoms with Crippen LogP contribution in [-0.2, 0) is 0 Å². The van der Waals surface area contributed by atoms with Crippen molar-refractivity contribution in [1.29, 1.82) is 0 Å². The minimum absolute atomic E-state index is 0.0632. The summed E-state index contributed by atoms with van der Waals surface area (Å²) in [5.74, 6) is 0.435. The number of aryl methyl sites for hydroxylation is 1. The molecule has 104 valence electrons. The minimum Gasteiger partial charge on any atom is -0.322 e. The fraction of sp³-hybridized carbons (Fsp3) is 0.235. The third-order valence-electron chi connectivity index (χ3n) is 3.20. The van der Waals surface area contributed by atoms with Crippen molar-refractivity contribution in [1.82, 2.24) is 0 Å². The van der Waals surface area contributed by atoms with E-state index in [2.05, 4.69) is 53.9 Å². The molecular formula is C17H18INO. The summed E-state index contributed by atoms with van der Waals surface area (Å²) in [5.41, 5.74) is 3.97. The zero-order chi connectivity index (χ0) is 14.7. The van der Waals surface area contributed by atoms with Gasteiger partial charge >= 0.3 is 0 Å². The van der Waals surface area contributed by atoms with Crippen molar-refractivity contribution in [2.75, 3.05) is 5.32 Å². The Morgan fingerprint density at radius 2 is 1.75 bits per heavy atom. The van der Waals surface area contributed by atoms with Crippen molar-refractivity contribution in [3.8, 4) is 0 Å². The SMILES string of the molecule is Cc1ccc(C(=O)Nc2ccc(C(C)C)cc2)c(I)c1. The first-order chi connectivity index (χ1) is 9.47. The van der Waals surface area contributed by atoms with Gasteiger partial charge in [-0.05, 0) is 65.3 Å². The van der Waals surface area contributed by atoms with Crippen LogP contribution in [-0.4, -0.2) is 5.91 Å². The number of benzene rings is 2. The first-order valence-electron chi connectivity index (χ1n) is 6.65. The van der Waals surface area contributed by atoms with Gasteiger partial charge in [-0.15, -0.1) is 0 Å². The minimum atomic E-state index is -0.0632. The molecule has 0 radical (unpaired) electrons. The van der Waals surface area contributed by atoms with Gasteiger partial charge in [-0.3, -0.25) is 4.79 Å². The third-order valence-corrected chi connectivity index (χ3v) is 4.10. The van der Waals surface area contributed by atoms with E-state index in [1.165, 1.54) is 5.56 Å². The Morgan fingerprint density at radius 1 is 1.10 bits per heavy atom. The molecule has 2 rings (SSSR count). The molecule has 2 aromatic carbocycles. The van der Waals surface area contributed by atoms with Gasteiger partial charge < -0.3 is 5.32 Å². The molecule has 0 saturated carbocycles. The van der Waals surface area contributed by atoms with E-state index in [1.54, 1.807) is 0 Å². The normalized spacial score (nSPS) is 10.7. The smallest absolute Gasteiger partial charge is 0.256 e. The van der Waals surface area contributed by atoms with Crippen LogP contribution in [0.2, 0.25) is 0 Å². The Kier molecular flexibility index (Phi) is 4.81. The van der Waals surface area contributed by atoms with Crippen molar-refractivity contribution >= 4 is 34.2 Å². The fourth-order valence-electron chi connectivity index (χ4n) is 1.95. The lowest BCUT2D eigenvalue weighted by molar-refractivity contribution is 0.102. The predicted molar refractivity (Wildman–Crippen MR) is 92.4 cm³/mol. The standard InChI is InChI=1S/C17H18INO/c1-11(2)13-5-7-14(8-6-13)19-17(20)15-9-4-12(3)10-16(15)18/h4-11H,1-3H3,(H,19,20). The molecule has 0 saturated heterocycles. The summed E-state index contributed by atoms with van der Waals surface area (Å²) in [7, 11) is 0. The molecule has 0 fully saturated rings. The summed E-state index contributed by atoms with van der Waals surface area (Å²) in [5, 5.41) is 2.94. The van der Waals surface area contributed by atoms with Gasteiger partial charge in [0, 0.05) is 9.26 Å². The molecule has 0 bridgehead atoms. The van der Waals surface area contributed by atoms with Crippen molar-refractivity contribution < 1.29 is 4.79 Å². The van der Waals surface area contributed by atoms with Crippen LogP contribution in [0.5, 0.6) is 0 Å². The van der Waals surface area contributed by atoms with Crippen molar-refractivity contribution in [3.63, 3.8) is 0 Å². The summed E-state index contributed by atoms with van der Waals surface area (Å²) < 4.78 is 0.971. The Bertz CT molecular complexity index is 617. The van der Waals surface area contributed by atoms with Crippen LogP contribution in [0.15, 0.2) is 42.5 Å². The van der Waals surface area contributed by atoms with E-state index in [1.807, 2.05) is 37.3 Å². The molecule has 1 amide bonds. The first kappa shape index (κ1) is 15.0. The van der Waals surface area contributed by atoms with E-state index in [-0.39, 0.29) is 5.91 Å². The van der Waals surface area contributed by atoms with Gasteiger partial charge in [0.2, 0.25) is 0 Å². The molecule has 0 aromatic heterocycles. The number of hydrogen-bond donors (Lipinski definition) is 1. The van der Waals surface area contributed by atoms with Gasteiger partial charge in [0.1, 0.15) is 0 Å². The van der Waals surface area contributed by atoms with Gasteiger partial charge in [0.15, 0.2) is 0 Å².